The lowest BCUT2D eigenvalue weighted by Crippen LogP contribution is -2.13. The molecule has 1 amide bonds. The van der Waals surface area contributed by atoms with Crippen molar-refractivity contribution in [2.45, 2.75) is 0 Å². The number of carbonyl (C=O) groups is 1. The summed E-state index contributed by atoms with van der Waals surface area (Å²) in [7, 11) is 0. The standard InChI is InChI=1S/C13H7Br2ClN2O3/c14-10-4-2-8(18(20)21)6-12(10)17-13(19)9-3-1-7(16)5-11(9)15/h1-6H,(H,17,19). The molecular weight excluding hydrogens is 427 g/mol. The minimum atomic E-state index is -0.527. The van der Waals surface area contributed by atoms with Gasteiger partial charge < -0.3 is 5.32 Å². The number of non-ortho nitro benzene ring substituents is 1. The van der Waals surface area contributed by atoms with Crippen molar-refractivity contribution in [1.29, 1.82) is 0 Å². The fourth-order valence-corrected chi connectivity index (χ4v) is 2.79. The minimum absolute atomic E-state index is 0.108. The van der Waals surface area contributed by atoms with Crippen molar-refractivity contribution < 1.29 is 9.72 Å². The van der Waals surface area contributed by atoms with Crippen LogP contribution >= 0.6 is 43.5 Å². The van der Waals surface area contributed by atoms with Crippen LogP contribution in [0, 0.1) is 10.1 Å². The van der Waals surface area contributed by atoms with Crippen LogP contribution in [0.3, 0.4) is 0 Å². The molecule has 1 N–H and O–H groups in total. The molecule has 8 heteroatoms. The van der Waals surface area contributed by atoms with Crippen LogP contribution in [-0.2, 0) is 0 Å². The lowest BCUT2D eigenvalue weighted by atomic mass is 10.2. The van der Waals surface area contributed by atoms with E-state index in [1.54, 1.807) is 18.2 Å². The van der Waals surface area contributed by atoms with Crippen molar-refractivity contribution in [3.05, 3.63) is 66.0 Å². The van der Waals surface area contributed by atoms with Gasteiger partial charge in [-0.25, -0.2) is 0 Å². The first-order valence-corrected chi connectivity index (χ1v) is 7.55. The highest BCUT2D eigenvalue weighted by Crippen LogP contribution is 2.29. The summed E-state index contributed by atoms with van der Waals surface area (Å²) in [6.07, 6.45) is 0. The summed E-state index contributed by atoms with van der Waals surface area (Å²) in [5, 5.41) is 13.9. The maximum absolute atomic E-state index is 12.2. The predicted octanol–water partition coefficient (Wildman–Crippen LogP) is 5.03. The zero-order valence-electron chi connectivity index (χ0n) is 10.3. The molecule has 0 saturated carbocycles. The summed E-state index contributed by atoms with van der Waals surface area (Å²) in [6.45, 7) is 0. The molecule has 0 spiro atoms. The summed E-state index contributed by atoms with van der Waals surface area (Å²) in [5.74, 6) is -0.403. The number of nitrogens with zero attached hydrogens (tertiary/aromatic N) is 1. The van der Waals surface area contributed by atoms with Crippen molar-refractivity contribution in [3.63, 3.8) is 0 Å². The molecule has 0 fully saturated rings. The molecule has 0 aromatic heterocycles. The summed E-state index contributed by atoms with van der Waals surface area (Å²) in [6, 6.07) is 8.88. The number of nitro benzene ring substituents is 1. The highest BCUT2D eigenvalue weighted by molar-refractivity contribution is 9.11. The molecule has 5 nitrogen and oxygen atoms in total. The molecule has 21 heavy (non-hydrogen) atoms. The van der Waals surface area contributed by atoms with E-state index in [2.05, 4.69) is 37.2 Å². The third kappa shape index (κ3) is 3.81. The summed E-state index contributed by atoms with van der Waals surface area (Å²) < 4.78 is 1.08. The molecule has 0 radical (unpaired) electrons. The number of hydrogen-bond acceptors (Lipinski definition) is 3. The van der Waals surface area contributed by atoms with E-state index in [-0.39, 0.29) is 5.69 Å². The second-order valence-electron chi connectivity index (χ2n) is 4.00. The van der Waals surface area contributed by atoms with Gasteiger partial charge in [0.05, 0.1) is 16.2 Å². The Labute approximate surface area is 141 Å². The Hall–Kier alpha value is -1.44. The van der Waals surface area contributed by atoms with Gasteiger partial charge in [-0.3, -0.25) is 14.9 Å². The fraction of sp³-hybridized carbons (Fsp3) is 0. The van der Waals surface area contributed by atoms with Crippen molar-refractivity contribution >= 4 is 60.7 Å². The van der Waals surface area contributed by atoms with Gasteiger partial charge in [-0.2, -0.15) is 0 Å². The lowest BCUT2D eigenvalue weighted by molar-refractivity contribution is -0.384. The Morgan fingerprint density at radius 2 is 1.86 bits per heavy atom. The van der Waals surface area contributed by atoms with Gasteiger partial charge in [0.15, 0.2) is 0 Å². The molecule has 2 aromatic carbocycles. The van der Waals surface area contributed by atoms with Crippen molar-refractivity contribution in [2.75, 3.05) is 5.32 Å². The van der Waals surface area contributed by atoms with Crippen LogP contribution < -0.4 is 5.32 Å². The van der Waals surface area contributed by atoms with Gasteiger partial charge in [0.25, 0.3) is 11.6 Å². The zero-order chi connectivity index (χ0) is 15.6. The highest BCUT2D eigenvalue weighted by atomic mass is 79.9. The molecule has 2 rings (SSSR count). The molecule has 108 valence electrons. The fourth-order valence-electron chi connectivity index (χ4n) is 1.59. The number of benzene rings is 2. The van der Waals surface area contributed by atoms with Crippen LogP contribution in [0.4, 0.5) is 11.4 Å². The van der Waals surface area contributed by atoms with Gasteiger partial charge in [0.1, 0.15) is 0 Å². The summed E-state index contributed by atoms with van der Waals surface area (Å²) in [4.78, 5) is 22.4. The number of anilines is 1. The van der Waals surface area contributed by atoms with E-state index in [0.29, 0.717) is 25.2 Å². The van der Waals surface area contributed by atoms with E-state index in [9.17, 15) is 14.9 Å². The van der Waals surface area contributed by atoms with Gasteiger partial charge in [-0.15, -0.1) is 0 Å². The number of hydrogen-bond donors (Lipinski definition) is 1. The Kier molecular flexibility index (Phi) is 4.97. The zero-order valence-corrected chi connectivity index (χ0v) is 14.2. The maximum atomic E-state index is 12.2. The van der Waals surface area contributed by atoms with Crippen LogP contribution in [0.15, 0.2) is 45.3 Å². The third-order valence-corrected chi connectivity index (χ3v) is 4.17. The van der Waals surface area contributed by atoms with E-state index in [1.807, 2.05) is 0 Å². The van der Waals surface area contributed by atoms with Crippen LogP contribution in [0.5, 0.6) is 0 Å². The number of amides is 1. The molecule has 0 unspecified atom stereocenters. The van der Waals surface area contributed by atoms with Gasteiger partial charge in [-0.05, 0) is 56.1 Å². The van der Waals surface area contributed by atoms with E-state index in [1.165, 1.54) is 18.2 Å². The Morgan fingerprint density at radius 3 is 2.48 bits per heavy atom. The Balaban J connectivity index is 2.31. The Morgan fingerprint density at radius 1 is 1.14 bits per heavy atom. The van der Waals surface area contributed by atoms with Crippen molar-refractivity contribution in [1.82, 2.24) is 0 Å². The smallest absolute Gasteiger partial charge is 0.271 e. The predicted molar refractivity (Wildman–Crippen MR) is 87.9 cm³/mol. The van der Waals surface area contributed by atoms with Crippen LogP contribution in [0.25, 0.3) is 0 Å². The van der Waals surface area contributed by atoms with E-state index in [0.717, 1.165) is 0 Å². The van der Waals surface area contributed by atoms with Gasteiger partial charge in [-0.1, -0.05) is 11.6 Å². The summed E-state index contributed by atoms with van der Waals surface area (Å²) >= 11 is 12.3. The normalized spacial score (nSPS) is 10.2. The molecule has 2 aromatic rings. The molecule has 0 aliphatic rings. The maximum Gasteiger partial charge on any atom is 0.271 e. The molecule has 0 bridgehead atoms. The molecule has 0 saturated heterocycles. The van der Waals surface area contributed by atoms with Crippen molar-refractivity contribution in [2.24, 2.45) is 0 Å². The molecule has 0 aliphatic carbocycles. The van der Waals surface area contributed by atoms with E-state index >= 15 is 0 Å². The second kappa shape index (κ2) is 6.55. The number of rotatable bonds is 3. The van der Waals surface area contributed by atoms with Crippen molar-refractivity contribution in [3.8, 4) is 0 Å². The van der Waals surface area contributed by atoms with Gasteiger partial charge in [0.2, 0.25) is 0 Å². The molecular formula is C13H7Br2ClN2O3. The van der Waals surface area contributed by atoms with Crippen LogP contribution in [0.1, 0.15) is 10.4 Å². The minimum Gasteiger partial charge on any atom is -0.321 e. The van der Waals surface area contributed by atoms with Gasteiger partial charge >= 0.3 is 0 Å². The SMILES string of the molecule is O=C(Nc1cc([N+](=O)[O-])ccc1Br)c1ccc(Cl)cc1Br. The molecule has 0 atom stereocenters. The third-order valence-electron chi connectivity index (χ3n) is 2.58. The van der Waals surface area contributed by atoms with Crippen LogP contribution in [0.2, 0.25) is 5.02 Å². The first-order chi connectivity index (χ1) is 9.88. The topological polar surface area (TPSA) is 72.2 Å². The largest absolute Gasteiger partial charge is 0.321 e. The number of carbonyl (C=O) groups excluding carboxylic acids is 1. The second-order valence-corrected chi connectivity index (χ2v) is 6.14. The first kappa shape index (κ1) is 15.9. The monoisotopic (exact) mass is 432 g/mol. The van der Waals surface area contributed by atoms with Gasteiger partial charge in [0, 0.05) is 26.1 Å². The Bertz CT molecular complexity index is 737. The molecule has 0 aliphatic heterocycles. The highest BCUT2D eigenvalue weighted by Gasteiger charge is 2.15. The quantitative estimate of drug-likeness (QED) is 0.544. The van der Waals surface area contributed by atoms with Crippen LogP contribution in [-0.4, -0.2) is 10.8 Å². The molecule has 0 heterocycles. The van der Waals surface area contributed by atoms with E-state index < -0.39 is 10.8 Å². The average molecular weight is 434 g/mol. The number of nitrogens with one attached hydrogen (secondary N) is 1. The summed E-state index contributed by atoms with van der Waals surface area (Å²) in [5.41, 5.74) is 0.581. The average Bonchev–Trinajstić information content (AvgIpc) is 2.40. The van der Waals surface area contributed by atoms with E-state index in [4.69, 9.17) is 11.6 Å². The first-order valence-electron chi connectivity index (χ1n) is 5.59. The number of halogens is 3. The number of nitro groups is 1. The lowest BCUT2D eigenvalue weighted by Gasteiger charge is -2.09.